The fraction of sp³-hybridized carbons (Fsp3) is 0.500. The van der Waals surface area contributed by atoms with Crippen LogP contribution in [-0.4, -0.2) is 36.2 Å². The van der Waals surface area contributed by atoms with E-state index in [4.69, 9.17) is 0 Å². The van der Waals surface area contributed by atoms with Gasteiger partial charge in [-0.15, -0.1) is 0 Å². The van der Waals surface area contributed by atoms with E-state index in [9.17, 15) is 9.90 Å². The summed E-state index contributed by atoms with van der Waals surface area (Å²) in [7, 11) is 0. The number of hydrogen-bond acceptors (Lipinski definition) is 3. The van der Waals surface area contributed by atoms with Gasteiger partial charge in [-0.25, -0.2) is 0 Å². The third kappa shape index (κ3) is 3.82. The smallest absolute Gasteiger partial charge is 0.220 e. The van der Waals surface area contributed by atoms with Gasteiger partial charge in [-0.1, -0.05) is 30.3 Å². The van der Waals surface area contributed by atoms with Crippen LogP contribution in [0.15, 0.2) is 30.3 Å². The highest BCUT2D eigenvalue weighted by Gasteiger charge is 2.30. The second-order valence-corrected chi connectivity index (χ2v) is 4.91. The summed E-state index contributed by atoms with van der Waals surface area (Å²) >= 11 is 0. The number of carbonyl (C=O) groups excluding carboxylic acids is 1. The molecule has 18 heavy (non-hydrogen) atoms. The van der Waals surface area contributed by atoms with Gasteiger partial charge in [0.15, 0.2) is 0 Å². The topological polar surface area (TPSA) is 61.4 Å². The zero-order valence-corrected chi connectivity index (χ0v) is 10.5. The van der Waals surface area contributed by atoms with E-state index in [-0.39, 0.29) is 5.91 Å². The summed E-state index contributed by atoms with van der Waals surface area (Å²) in [6.07, 6.45) is 1.91. The van der Waals surface area contributed by atoms with Crippen LogP contribution in [0.25, 0.3) is 0 Å². The fourth-order valence-electron chi connectivity index (χ4n) is 2.14. The van der Waals surface area contributed by atoms with Crippen molar-refractivity contribution in [2.45, 2.75) is 24.9 Å². The highest BCUT2D eigenvalue weighted by Crippen LogP contribution is 2.12. The quantitative estimate of drug-likeness (QED) is 0.709. The van der Waals surface area contributed by atoms with Gasteiger partial charge in [0.05, 0.1) is 5.60 Å². The Morgan fingerprint density at radius 1 is 1.39 bits per heavy atom. The van der Waals surface area contributed by atoms with Crippen molar-refractivity contribution in [3.8, 4) is 0 Å². The van der Waals surface area contributed by atoms with Crippen molar-refractivity contribution in [1.82, 2.24) is 10.6 Å². The van der Waals surface area contributed by atoms with E-state index >= 15 is 0 Å². The van der Waals surface area contributed by atoms with Crippen molar-refractivity contribution >= 4 is 5.91 Å². The van der Waals surface area contributed by atoms with Gasteiger partial charge in [-0.3, -0.25) is 4.79 Å². The first-order valence-electron chi connectivity index (χ1n) is 6.42. The monoisotopic (exact) mass is 248 g/mol. The Morgan fingerprint density at radius 2 is 2.17 bits per heavy atom. The molecule has 1 saturated heterocycles. The fourth-order valence-corrected chi connectivity index (χ4v) is 2.14. The second-order valence-electron chi connectivity index (χ2n) is 4.91. The molecule has 4 nitrogen and oxygen atoms in total. The summed E-state index contributed by atoms with van der Waals surface area (Å²) in [5.41, 5.74) is 0.400. The Hall–Kier alpha value is -1.39. The maximum Gasteiger partial charge on any atom is 0.220 e. The van der Waals surface area contributed by atoms with Crippen LogP contribution in [0.3, 0.4) is 0 Å². The predicted octanol–water partition coefficient (Wildman–Crippen LogP) is 0.460. The Balaban J connectivity index is 1.69. The molecule has 98 valence electrons. The van der Waals surface area contributed by atoms with Crippen LogP contribution < -0.4 is 10.6 Å². The van der Waals surface area contributed by atoms with Crippen molar-refractivity contribution < 1.29 is 9.90 Å². The van der Waals surface area contributed by atoms with E-state index in [1.54, 1.807) is 0 Å². The predicted molar refractivity (Wildman–Crippen MR) is 70.2 cm³/mol. The molecule has 3 N–H and O–H groups in total. The lowest BCUT2D eigenvalue weighted by molar-refractivity contribution is -0.122. The van der Waals surface area contributed by atoms with Crippen LogP contribution in [0.2, 0.25) is 0 Å². The number of hydrogen-bond donors (Lipinski definition) is 3. The lowest BCUT2D eigenvalue weighted by Gasteiger charge is -2.21. The number of amides is 1. The molecule has 0 bridgehead atoms. The second kappa shape index (κ2) is 5.98. The third-order valence-corrected chi connectivity index (χ3v) is 3.32. The van der Waals surface area contributed by atoms with Crippen molar-refractivity contribution in [3.63, 3.8) is 0 Å². The summed E-state index contributed by atoms with van der Waals surface area (Å²) in [5.74, 6) is -0.000761. The first-order chi connectivity index (χ1) is 8.68. The molecular formula is C14H20N2O2. The van der Waals surface area contributed by atoms with Crippen molar-refractivity contribution in [3.05, 3.63) is 35.9 Å². The van der Waals surface area contributed by atoms with Crippen LogP contribution in [0.4, 0.5) is 0 Å². The highest BCUT2D eigenvalue weighted by molar-refractivity contribution is 5.76. The maximum atomic E-state index is 11.7. The molecule has 1 aliphatic rings. The van der Waals surface area contributed by atoms with Gasteiger partial charge < -0.3 is 15.7 Å². The zero-order valence-electron chi connectivity index (χ0n) is 10.5. The van der Waals surface area contributed by atoms with Crippen molar-refractivity contribution in [2.75, 3.05) is 19.6 Å². The minimum Gasteiger partial charge on any atom is -0.387 e. The van der Waals surface area contributed by atoms with E-state index in [1.807, 2.05) is 30.3 Å². The number of nitrogens with one attached hydrogen (secondary N) is 2. The van der Waals surface area contributed by atoms with E-state index in [0.717, 1.165) is 18.5 Å². The standard InChI is InChI=1S/C14H20N2O2/c17-13(7-6-12-4-2-1-3-5-12)16-11-14(18)8-9-15-10-14/h1-5,15,18H,6-11H2,(H,16,17). The number of aliphatic hydroxyl groups is 1. The summed E-state index contributed by atoms with van der Waals surface area (Å²) in [6.45, 7) is 1.72. The van der Waals surface area contributed by atoms with Gasteiger partial charge in [-0.2, -0.15) is 0 Å². The lowest BCUT2D eigenvalue weighted by Crippen LogP contribution is -2.44. The molecule has 1 aliphatic heterocycles. The number of aryl methyl sites for hydroxylation is 1. The minimum absolute atomic E-state index is 0.000761. The van der Waals surface area contributed by atoms with E-state index in [1.165, 1.54) is 0 Å². The molecule has 2 rings (SSSR count). The summed E-state index contributed by atoms with van der Waals surface area (Å²) in [5, 5.41) is 15.9. The minimum atomic E-state index is -0.762. The molecule has 1 atom stereocenters. The molecule has 1 unspecified atom stereocenters. The van der Waals surface area contributed by atoms with Gasteiger partial charge in [0.2, 0.25) is 5.91 Å². The average molecular weight is 248 g/mol. The zero-order chi connectivity index (χ0) is 12.8. The van der Waals surface area contributed by atoms with Crippen molar-refractivity contribution in [1.29, 1.82) is 0 Å². The van der Waals surface area contributed by atoms with E-state index < -0.39 is 5.60 Å². The molecule has 4 heteroatoms. The lowest BCUT2D eigenvalue weighted by atomic mass is 10.0. The molecule has 1 fully saturated rings. The van der Waals surface area contributed by atoms with Gasteiger partial charge in [-0.05, 0) is 24.9 Å². The number of β-amino-alcohol motifs (C(OH)–C–C–N with tert-alkyl or cyclic N) is 1. The molecule has 0 saturated carbocycles. The van der Waals surface area contributed by atoms with Gasteiger partial charge in [0.1, 0.15) is 0 Å². The Kier molecular flexibility index (Phi) is 4.33. The van der Waals surface area contributed by atoms with Gasteiger partial charge in [0, 0.05) is 19.5 Å². The summed E-state index contributed by atoms with van der Waals surface area (Å²) in [4.78, 5) is 11.7. The molecule has 1 aromatic carbocycles. The first kappa shape index (κ1) is 13.1. The summed E-state index contributed by atoms with van der Waals surface area (Å²) in [6, 6.07) is 9.94. The summed E-state index contributed by atoms with van der Waals surface area (Å²) < 4.78 is 0. The average Bonchev–Trinajstić information content (AvgIpc) is 2.83. The third-order valence-electron chi connectivity index (χ3n) is 3.32. The molecule has 1 aromatic rings. The van der Waals surface area contributed by atoms with Gasteiger partial charge >= 0.3 is 0 Å². The molecule has 1 amide bonds. The number of benzene rings is 1. The Morgan fingerprint density at radius 3 is 2.83 bits per heavy atom. The Bertz CT molecular complexity index is 386. The molecule has 1 heterocycles. The van der Waals surface area contributed by atoms with Crippen LogP contribution >= 0.6 is 0 Å². The van der Waals surface area contributed by atoms with Crippen LogP contribution in [0, 0.1) is 0 Å². The molecule has 0 aromatic heterocycles. The largest absolute Gasteiger partial charge is 0.387 e. The van der Waals surface area contributed by atoms with Crippen molar-refractivity contribution in [2.24, 2.45) is 0 Å². The van der Waals surface area contributed by atoms with Gasteiger partial charge in [0.25, 0.3) is 0 Å². The number of carbonyl (C=O) groups is 1. The number of rotatable bonds is 5. The molecule has 0 radical (unpaired) electrons. The molecule has 0 aliphatic carbocycles. The van der Waals surface area contributed by atoms with Crippen LogP contribution in [0.5, 0.6) is 0 Å². The highest BCUT2D eigenvalue weighted by atomic mass is 16.3. The molecular weight excluding hydrogens is 228 g/mol. The molecule has 0 spiro atoms. The first-order valence-corrected chi connectivity index (χ1v) is 6.42. The Labute approximate surface area is 107 Å². The normalized spacial score (nSPS) is 22.9. The van der Waals surface area contributed by atoms with Crippen LogP contribution in [-0.2, 0) is 11.2 Å². The van der Waals surface area contributed by atoms with E-state index in [2.05, 4.69) is 10.6 Å². The van der Waals surface area contributed by atoms with Crippen LogP contribution in [0.1, 0.15) is 18.4 Å². The SMILES string of the molecule is O=C(CCc1ccccc1)NCC1(O)CCNC1. The van der Waals surface area contributed by atoms with E-state index in [0.29, 0.717) is 25.9 Å². The maximum absolute atomic E-state index is 11.7.